The molecule has 0 spiro atoms. The summed E-state index contributed by atoms with van der Waals surface area (Å²) in [6.07, 6.45) is 16.9. The van der Waals surface area contributed by atoms with Crippen LogP contribution < -0.4 is 0 Å². The van der Waals surface area contributed by atoms with Crippen LogP contribution in [0, 0.1) is 0 Å². The Bertz CT molecular complexity index is 159. The highest BCUT2D eigenvalue weighted by Gasteiger charge is 2.03. The van der Waals surface area contributed by atoms with Gasteiger partial charge in [0.15, 0.2) is 0 Å². The van der Waals surface area contributed by atoms with Crippen molar-refractivity contribution in [1.82, 2.24) is 0 Å². The van der Waals surface area contributed by atoms with Gasteiger partial charge in [0, 0.05) is 6.61 Å². The first-order chi connectivity index (χ1) is 9.31. The molecule has 0 bridgehead atoms. The van der Waals surface area contributed by atoms with Crippen LogP contribution in [-0.2, 0) is 0 Å². The second-order valence-electron chi connectivity index (χ2n) is 5.84. The van der Waals surface area contributed by atoms with Crippen LogP contribution in [0.2, 0.25) is 0 Å². The fourth-order valence-corrected chi connectivity index (χ4v) is 2.50. The second kappa shape index (κ2) is 16.0. The summed E-state index contributed by atoms with van der Waals surface area (Å²) in [5.41, 5.74) is 0. The number of rotatable bonds is 15. The normalized spacial score (nSPS) is 12.8. The lowest BCUT2D eigenvalue weighted by Gasteiger charge is -2.09. The molecule has 19 heavy (non-hydrogen) atoms. The zero-order valence-corrected chi connectivity index (χ0v) is 13.1. The van der Waals surface area contributed by atoms with E-state index in [2.05, 4.69) is 6.92 Å². The maximum Gasteiger partial charge on any atom is 0.0540 e. The summed E-state index contributed by atoms with van der Waals surface area (Å²) < 4.78 is 0. The number of hydrogen-bond donors (Lipinski definition) is 2. The molecule has 0 aromatic heterocycles. The molecule has 1 atom stereocenters. The quantitative estimate of drug-likeness (QED) is 0.420. The molecule has 0 heterocycles. The van der Waals surface area contributed by atoms with E-state index in [-0.39, 0.29) is 12.7 Å². The first kappa shape index (κ1) is 18.9. The lowest BCUT2D eigenvalue weighted by molar-refractivity contribution is 0.144. The van der Waals surface area contributed by atoms with E-state index in [9.17, 15) is 5.11 Å². The van der Waals surface area contributed by atoms with Crippen LogP contribution in [0.5, 0.6) is 0 Å². The van der Waals surface area contributed by atoms with Crippen LogP contribution in [0.25, 0.3) is 0 Å². The Hall–Kier alpha value is -0.0800. The van der Waals surface area contributed by atoms with Crippen molar-refractivity contribution in [3.63, 3.8) is 0 Å². The van der Waals surface area contributed by atoms with Gasteiger partial charge in [0.05, 0.1) is 6.10 Å². The van der Waals surface area contributed by atoms with Gasteiger partial charge in [0.2, 0.25) is 0 Å². The van der Waals surface area contributed by atoms with Gasteiger partial charge in [-0.2, -0.15) is 0 Å². The van der Waals surface area contributed by atoms with E-state index in [1.54, 1.807) is 0 Å². The molecule has 0 aliphatic carbocycles. The highest BCUT2D eigenvalue weighted by atomic mass is 16.3. The first-order valence-electron chi connectivity index (χ1n) is 8.60. The van der Waals surface area contributed by atoms with Crippen LogP contribution in [-0.4, -0.2) is 22.9 Å². The standard InChI is InChI=1S/C17H36O2/c1-2-3-4-5-6-7-8-9-10-11-14-17(19)15-12-13-16-18/h17-19H,2-16H2,1H3. The molecule has 116 valence electrons. The van der Waals surface area contributed by atoms with Gasteiger partial charge in [-0.25, -0.2) is 0 Å². The molecule has 2 N–H and O–H groups in total. The third-order valence-corrected chi connectivity index (χ3v) is 3.84. The summed E-state index contributed by atoms with van der Waals surface area (Å²) in [6.45, 7) is 2.52. The van der Waals surface area contributed by atoms with Gasteiger partial charge >= 0.3 is 0 Å². The Morgan fingerprint density at radius 1 is 0.632 bits per heavy atom. The van der Waals surface area contributed by atoms with E-state index < -0.39 is 0 Å². The minimum atomic E-state index is -0.138. The van der Waals surface area contributed by atoms with Crippen LogP contribution in [0.4, 0.5) is 0 Å². The van der Waals surface area contributed by atoms with Crippen molar-refractivity contribution in [2.75, 3.05) is 6.61 Å². The van der Waals surface area contributed by atoms with Crippen molar-refractivity contribution in [3.05, 3.63) is 0 Å². The average molecular weight is 272 g/mol. The second-order valence-corrected chi connectivity index (χ2v) is 5.84. The summed E-state index contributed by atoms with van der Waals surface area (Å²) in [4.78, 5) is 0. The van der Waals surface area contributed by atoms with Crippen molar-refractivity contribution in [3.8, 4) is 0 Å². The Labute approximate surface area is 120 Å². The summed E-state index contributed by atoms with van der Waals surface area (Å²) in [5.74, 6) is 0. The van der Waals surface area contributed by atoms with E-state index in [1.807, 2.05) is 0 Å². The summed E-state index contributed by atoms with van der Waals surface area (Å²) in [7, 11) is 0. The minimum absolute atomic E-state index is 0.138. The third kappa shape index (κ3) is 15.9. The monoisotopic (exact) mass is 272 g/mol. The predicted octanol–water partition coefficient (Wildman–Crippen LogP) is 4.82. The highest BCUT2D eigenvalue weighted by molar-refractivity contribution is 4.57. The van der Waals surface area contributed by atoms with Gasteiger partial charge in [-0.3, -0.25) is 0 Å². The summed E-state index contributed by atoms with van der Waals surface area (Å²) >= 11 is 0. The highest BCUT2D eigenvalue weighted by Crippen LogP contribution is 2.13. The van der Waals surface area contributed by atoms with E-state index in [4.69, 9.17) is 5.11 Å². The molecular formula is C17H36O2. The summed E-state index contributed by atoms with van der Waals surface area (Å²) in [6, 6.07) is 0. The maximum atomic E-state index is 9.72. The fourth-order valence-electron chi connectivity index (χ4n) is 2.50. The molecule has 0 rings (SSSR count). The number of unbranched alkanes of at least 4 members (excludes halogenated alkanes) is 10. The number of hydrogen-bond acceptors (Lipinski definition) is 2. The van der Waals surface area contributed by atoms with Crippen LogP contribution in [0.1, 0.15) is 96.8 Å². The molecule has 0 aromatic carbocycles. The van der Waals surface area contributed by atoms with Crippen molar-refractivity contribution in [2.45, 2.75) is 103 Å². The lowest BCUT2D eigenvalue weighted by atomic mass is 10.0. The minimum Gasteiger partial charge on any atom is -0.396 e. The molecule has 0 aliphatic rings. The molecule has 0 saturated carbocycles. The smallest absolute Gasteiger partial charge is 0.0540 e. The van der Waals surface area contributed by atoms with Crippen molar-refractivity contribution >= 4 is 0 Å². The van der Waals surface area contributed by atoms with E-state index in [0.717, 1.165) is 32.1 Å². The number of aliphatic hydroxyl groups is 2. The van der Waals surface area contributed by atoms with Gasteiger partial charge in [-0.1, -0.05) is 71.1 Å². The molecule has 2 heteroatoms. The van der Waals surface area contributed by atoms with Gasteiger partial charge in [0.1, 0.15) is 0 Å². The largest absolute Gasteiger partial charge is 0.396 e. The molecular weight excluding hydrogens is 236 g/mol. The molecule has 0 fully saturated rings. The fraction of sp³-hybridized carbons (Fsp3) is 1.00. The Kier molecular flexibility index (Phi) is 15.9. The van der Waals surface area contributed by atoms with Gasteiger partial charge in [-0.15, -0.1) is 0 Å². The summed E-state index contributed by atoms with van der Waals surface area (Å²) in [5, 5.41) is 18.4. The third-order valence-electron chi connectivity index (χ3n) is 3.84. The topological polar surface area (TPSA) is 40.5 Å². The van der Waals surface area contributed by atoms with Crippen molar-refractivity contribution in [1.29, 1.82) is 0 Å². The first-order valence-corrected chi connectivity index (χ1v) is 8.60. The zero-order chi connectivity index (χ0) is 14.2. The predicted molar refractivity (Wildman–Crippen MR) is 83.4 cm³/mol. The molecule has 2 nitrogen and oxygen atoms in total. The molecule has 1 unspecified atom stereocenters. The van der Waals surface area contributed by atoms with E-state index >= 15 is 0 Å². The van der Waals surface area contributed by atoms with E-state index in [0.29, 0.717) is 0 Å². The molecule has 0 radical (unpaired) electrons. The van der Waals surface area contributed by atoms with Gasteiger partial charge in [-0.05, 0) is 25.7 Å². The Morgan fingerprint density at radius 2 is 1.05 bits per heavy atom. The number of aliphatic hydroxyl groups excluding tert-OH is 2. The Morgan fingerprint density at radius 3 is 1.53 bits per heavy atom. The Balaban J connectivity index is 3.05. The lowest BCUT2D eigenvalue weighted by Crippen LogP contribution is -2.06. The maximum absolute atomic E-state index is 9.72. The van der Waals surface area contributed by atoms with E-state index in [1.165, 1.54) is 57.8 Å². The van der Waals surface area contributed by atoms with Crippen molar-refractivity contribution in [2.24, 2.45) is 0 Å². The van der Waals surface area contributed by atoms with Crippen LogP contribution in [0.3, 0.4) is 0 Å². The SMILES string of the molecule is CCCCCCCCCCCCC(O)CCCCO. The molecule has 0 amide bonds. The van der Waals surface area contributed by atoms with Gasteiger partial charge in [0.25, 0.3) is 0 Å². The van der Waals surface area contributed by atoms with Crippen molar-refractivity contribution < 1.29 is 10.2 Å². The van der Waals surface area contributed by atoms with Gasteiger partial charge < -0.3 is 10.2 Å². The zero-order valence-electron chi connectivity index (χ0n) is 13.1. The molecule has 0 aromatic rings. The molecule has 0 saturated heterocycles. The van der Waals surface area contributed by atoms with Crippen LogP contribution >= 0.6 is 0 Å². The average Bonchev–Trinajstić information content (AvgIpc) is 2.41. The molecule has 0 aliphatic heterocycles. The van der Waals surface area contributed by atoms with Crippen LogP contribution in [0.15, 0.2) is 0 Å².